The predicted molar refractivity (Wildman–Crippen MR) is 42.7 cm³/mol. The van der Waals surface area contributed by atoms with E-state index in [1.54, 1.807) is 0 Å². The van der Waals surface area contributed by atoms with Crippen LogP contribution in [0.2, 0.25) is 0 Å². The highest BCUT2D eigenvalue weighted by molar-refractivity contribution is 5.81. The summed E-state index contributed by atoms with van der Waals surface area (Å²) in [7, 11) is 0. The summed E-state index contributed by atoms with van der Waals surface area (Å²) in [5.74, 6) is 0.914. The standard InChI is InChI=1S/C9H13NO/c1-9(8(10)11)5-6-2-3-7(9)4-6/h2-3,6-7H,4-5H2,1H3,(H2,10,11)/t6?,7?,9-/m1/s1. The van der Waals surface area contributed by atoms with Crippen LogP contribution in [0.4, 0.5) is 0 Å². The summed E-state index contributed by atoms with van der Waals surface area (Å²) in [6.07, 6.45) is 6.47. The molecule has 2 aliphatic carbocycles. The minimum Gasteiger partial charge on any atom is -0.369 e. The fraction of sp³-hybridized carbons (Fsp3) is 0.667. The van der Waals surface area contributed by atoms with Crippen LogP contribution in [0.15, 0.2) is 12.2 Å². The third-order valence-electron chi connectivity index (χ3n) is 3.24. The molecule has 11 heavy (non-hydrogen) atoms. The molecule has 0 aromatic heterocycles. The average Bonchev–Trinajstić information content (AvgIpc) is 2.45. The van der Waals surface area contributed by atoms with Crippen molar-refractivity contribution in [3.8, 4) is 0 Å². The van der Waals surface area contributed by atoms with Gasteiger partial charge in [-0.1, -0.05) is 19.1 Å². The van der Waals surface area contributed by atoms with Crippen LogP contribution in [0.1, 0.15) is 19.8 Å². The second-order valence-electron chi connectivity index (χ2n) is 3.97. The number of fused-ring (bicyclic) bond motifs is 2. The highest BCUT2D eigenvalue weighted by atomic mass is 16.1. The lowest BCUT2D eigenvalue weighted by atomic mass is 9.77. The molecule has 2 rings (SSSR count). The van der Waals surface area contributed by atoms with Crippen molar-refractivity contribution in [3.05, 3.63) is 12.2 Å². The van der Waals surface area contributed by atoms with E-state index in [4.69, 9.17) is 5.73 Å². The summed E-state index contributed by atoms with van der Waals surface area (Å²) in [5.41, 5.74) is 5.11. The van der Waals surface area contributed by atoms with E-state index in [2.05, 4.69) is 12.2 Å². The number of rotatable bonds is 1. The Balaban J connectivity index is 2.30. The van der Waals surface area contributed by atoms with Crippen molar-refractivity contribution < 1.29 is 4.79 Å². The smallest absolute Gasteiger partial charge is 0.223 e. The molecule has 1 amide bonds. The van der Waals surface area contributed by atoms with Crippen molar-refractivity contribution in [1.82, 2.24) is 0 Å². The number of allylic oxidation sites excluding steroid dienone is 2. The number of nitrogens with two attached hydrogens (primary N) is 1. The Labute approximate surface area is 66.5 Å². The molecule has 0 aromatic carbocycles. The van der Waals surface area contributed by atoms with Crippen molar-refractivity contribution >= 4 is 5.91 Å². The second kappa shape index (κ2) is 1.87. The summed E-state index contributed by atoms with van der Waals surface area (Å²) in [4.78, 5) is 11.1. The largest absolute Gasteiger partial charge is 0.369 e. The van der Waals surface area contributed by atoms with Crippen molar-refractivity contribution in [2.24, 2.45) is 23.0 Å². The number of carbonyl (C=O) groups excluding carboxylic acids is 1. The summed E-state index contributed by atoms with van der Waals surface area (Å²) in [5, 5.41) is 0. The van der Waals surface area contributed by atoms with Crippen molar-refractivity contribution in [3.63, 3.8) is 0 Å². The third-order valence-corrected chi connectivity index (χ3v) is 3.24. The fourth-order valence-corrected chi connectivity index (χ4v) is 2.38. The van der Waals surface area contributed by atoms with Crippen LogP contribution >= 0.6 is 0 Å². The molecule has 2 N–H and O–H groups in total. The SMILES string of the molecule is C[C@@]1(C(N)=O)CC2C=CC1C2. The molecule has 0 spiro atoms. The molecule has 0 heterocycles. The maximum atomic E-state index is 11.1. The van der Waals surface area contributed by atoms with E-state index in [9.17, 15) is 4.79 Å². The van der Waals surface area contributed by atoms with E-state index in [1.807, 2.05) is 6.92 Å². The zero-order valence-corrected chi connectivity index (χ0v) is 6.71. The van der Waals surface area contributed by atoms with Crippen LogP contribution in [-0.4, -0.2) is 5.91 Å². The highest BCUT2D eigenvalue weighted by Crippen LogP contribution is 2.51. The van der Waals surface area contributed by atoms with Gasteiger partial charge in [0.2, 0.25) is 5.91 Å². The Morgan fingerprint density at radius 3 is 2.64 bits per heavy atom. The average molecular weight is 151 g/mol. The molecule has 0 aromatic rings. The van der Waals surface area contributed by atoms with Gasteiger partial charge in [-0.3, -0.25) is 4.79 Å². The summed E-state index contributed by atoms with van der Waals surface area (Å²) >= 11 is 0. The van der Waals surface area contributed by atoms with Crippen molar-refractivity contribution in [2.75, 3.05) is 0 Å². The van der Waals surface area contributed by atoms with E-state index >= 15 is 0 Å². The van der Waals surface area contributed by atoms with Crippen LogP contribution in [0.3, 0.4) is 0 Å². The number of primary amides is 1. The third kappa shape index (κ3) is 0.753. The van der Waals surface area contributed by atoms with E-state index < -0.39 is 0 Å². The molecular formula is C9H13NO. The highest BCUT2D eigenvalue weighted by Gasteiger charge is 2.48. The Bertz CT molecular complexity index is 234. The van der Waals surface area contributed by atoms with Gasteiger partial charge in [-0.25, -0.2) is 0 Å². The van der Waals surface area contributed by atoms with Crippen LogP contribution in [0, 0.1) is 17.3 Å². The van der Waals surface area contributed by atoms with Gasteiger partial charge in [0.05, 0.1) is 5.41 Å². The Hall–Kier alpha value is -0.790. The van der Waals surface area contributed by atoms with Gasteiger partial charge < -0.3 is 5.73 Å². The first kappa shape index (κ1) is 6.89. The maximum absolute atomic E-state index is 11.1. The van der Waals surface area contributed by atoms with Crippen molar-refractivity contribution in [2.45, 2.75) is 19.8 Å². The van der Waals surface area contributed by atoms with Gasteiger partial charge in [0.1, 0.15) is 0 Å². The molecule has 0 radical (unpaired) electrons. The molecule has 1 fully saturated rings. The monoisotopic (exact) mass is 151 g/mol. The number of hydrogen-bond acceptors (Lipinski definition) is 1. The first-order chi connectivity index (χ1) is 5.13. The van der Waals surface area contributed by atoms with Gasteiger partial charge in [0.25, 0.3) is 0 Å². The van der Waals surface area contributed by atoms with Gasteiger partial charge in [-0.05, 0) is 24.7 Å². The van der Waals surface area contributed by atoms with Gasteiger partial charge >= 0.3 is 0 Å². The van der Waals surface area contributed by atoms with Gasteiger partial charge in [0.15, 0.2) is 0 Å². The van der Waals surface area contributed by atoms with Crippen molar-refractivity contribution in [1.29, 1.82) is 0 Å². The molecule has 2 nitrogen and oxygen atoms in total. The van der Waals surface area contributed by atoms with Crippen LogP contribution in [-0.2, 0) is 4.79 Å². The normalized spacial score (nSPS) is 46.6. The quantitative estimate of drug-likeness (QED) is 0.560. The lowest BCUT2D eigenvalue weighted by Gasteiger charge is -2.27. The molecule has 1 saturated carbocycles. The molecule has 0 aliphatic heterocycles. The number of hydrogen-bond donors (Lipinski definition) is 1. The van der Waals surface area contributed by atoms with Gasteiger partial charge in [-0.2, -0.15) is 0 Å². The topological polar surface area (TPSA) is 43.1 Å². The molecule has 2 bridgehead atoms. The summed E-state index contributed by atoms with van der Waals surface area (Å²) in [6, 6.07) is 0. The Morgan fingerprint density at radius 2 is 2.36 bits per heavy atom. The zero-order valence-electron chi connectivity index (χ0n) is 6.71. The molecule has 60 valence electrons. The molecular weight excluding hydrogens is 138 g/mol. The molecule has 2 aliphatic rings. The number of amides is 1. The van der Waals surface area contributed by atoms with E-state index in [0.29, 0.717) is 11.8 Å². The molecule has 3 atom stereocenters. The first-order valence-corrected chi connectivity index (χ1v) is 4.11. The summed E-state index contributed by atoms with van der Waals surface area (Å²) in [6.45, 7) is 1.99. The lowest BCUT2D eigenvalue weighted by molar-refractivity contribution is -0.128. The minimum absolute atomic E-state index is 0.130. The zero-order chi connectivity index (χ0) is 8.06. The molecule has 2 heteroatoms. The van der Waals surface area contributed by atoms with Crippen LogP contribution in [0.5, 0.6) is 0 Å². The van der Waals surface area contributed by atoms with Gasteiger partial charge in [-0.15, -0.1) is 0 Å². The van der Waals surface area contributed by atoms with Crippen LogP contribution in [0.25, 0.3) is 0 Å². The second-order valence-corrected chi connectivity index (χ2v) is 3.97. The Kier molecular flexibility index (Phi) is 1.17. The van der Waals surface area contributed by atoms with E-state index in [-0.39, 0.29) is 11.3 Å². The first-order valence-electron chi connectivity index (χ1n) is 4.11. The lowest BCUT2D eigenvalue weighted by Crippen LogP contribution is -2.37. The predicted octanol–water partition coefficient (Wildman–Crippen LogP) is 1.07. The summed E-state index contributed by atoms with van der Waals surface area (Å²) < 4.78 is 0. The maximum Gasteiger partial charge on any atom is 0.223 e. The van der Waals surface area contributed by atoms with Crippen LogP contribution < -0.4 is 5.73 Å². The van der Waals surface area contributed by atoms with Gasteiger partial charge in [0, 0.05) is 0 Å². The molecule has 2 unspecified atom stereocenters. The molecule has 0 saturated heterocycles. The fourth-order valence-electron chi connectivity index (χ4n) is 2.38. The minimum atomic E-state index is -0.237. The number of carbonyl (C=O) groups is 1. The Morgan fingerprint density at radius 1 is 1.64 bits per heavy atom. The van der Waals surface area contributed by atoms with E-state index in [1.165, 1.54) is 0 Å². The van der Waals surface area contributed by atoms with E-state index in [0.717, 1.165) is 12.8 Å².